The number of H-pyrrole nitrogens is 1. The topological polar surface area (TPSA) is 73.9 Å². The number of aromatic nitrogens is 3. The van der Waals surface area contributed by atoms with Crippen LogP contribution in [-0.4, -0.2) is 51.4 Å². The first-order chi connectivity index (χ1) is 15.0. The smallest absolute Gasteiger partial charge is 0.253 e. The Labute approximate surface area is 178 Å². The highest BCUT2D eigenvalue weighted by molar-refractivity contribution is 6.02. The van der Waals surface area contributed by atoms with Crippen molar-refractivity contribution < 1.29 is 9.18 Å². The van der Waals surface area contributed by atoms with Gasteiger partial charge in [-0.05, 0) is 62.1 Å². The predicted molar refractivity (Wildman–Crippen MR) is 113 cm³/mol. The third kappa shape index (κ3) is 2.17. The normalized spacial score (nSPS) is 21.8. The minimum Gasteiger partial charge on any atom is -0.357 e. The van der Waals surface area contributed by atoms with Crippen molar-refractivity contribution in [1.82, 2.24) is 25.2 Å². The van der Waals surface area contributed by atoms with Gasteiger partial charge in [-0.3, -0.25) is 9.78 Å². The number of amides is 1. The first kappa shape index (κ1) is 17.6. The molecule has 2 spiro atoms. The van der Waals surface area contributed by atoms with Crippen molar-refractivity contribution in [2.45, 2.75) is 36.6 Å². The molecule has 2 aliphatic heterocycles. The van der Waals surface area contributed by atoms with E-state index in [-0.39, 0.29) is 16.9 Å². The van der Waals surface area contributed by atoms with Crippen LogP contribution < -0.4 is 5.32 Å². The molecule has 2 N–H and O–H groups in total. The van der Waals surface area contributed by atoms with Crippen LogP contribution in [-0.2, 0) is 18.3 Å². The number of pyridine rings is 2. The Morgan fingerprint density at radius 3 is 2.68 bits per heavy atom. The number of nitrogens with zero attached hydrogens (tertiary/aromatic N) is 3. The van der Waals surface area contributed by atoms with Crippen LogP contribution in [0.4, 0.5) is 4.39 Å². The second-order valence-electron chi connectivity index (χ2n) is 9.62. The van der Waals surface area contributed by atoms with Gasteiger partial charge in [-0.15, -0.1) is 0 Å². The molecule has 0 bridgehead atoms. The number of aromatic amines is 1. The molecule has 0 atom stereocenters. The van der Waals surface area contributed by atoms with E-state index < -0.39 is 5.95 Å². The van der Waals surface area contributed by atoms with Crippen LogP contribution in [0.5, 0.6) is 0 Å². The number of carbonyl (C=O) groups excluding carboxylic acids is 1. The van der Waals surface area contributed by atoms with Crippen molar-refractivity contribution in [3.8, 4) is 22.5 Å². The number of fused-ring (bicyclic) bond motifs is 7. The summed E-state index contributed by atoms with van der Waals surface area (Å²) in [5, 5.41) is 3.40. The van der Waals surface area contributed by atoms with Gasteiger partial charge in [0.15, 0.2) is 0 Å². The van der Waals surface area contributed by atoms with Crippen LogP contribution in [0.2, 0.25) is 0 Å². The SMILES string of the molecule is CN1CC2(C1)c1[nH]c3c(c1C(=O)NC21CC1)CCc1cnc(-c2ccc(F)nc2)cc1-3. The number of rotatable bonds is 1. The van der Waals surface area contributed by atoms with E-state index in [1.54, 1.807) is 6.07 Å². The number of hydrogen-bond acceptors (Lipinski definition) is 4. The molecule has 6 nitrogen and oxygen atoms in total. The predicted octanol–water partition coefficient (Wildman–Crippen LogP) is 2.84. The molecule has 4 aliphatic rings. The Balaban J connectivity index is 1.41. The highest BCUT2D eigenvalue weighted by Gasteiger charge is 2.68. The minimum atomic E-state index is -0.503. The fourth-order valence-electron chi connectivity index (χ4n) is 6.19. The lowest BCUT2D eigenvalue weighted by atomic mass is 9.65. The average Bonchev–Trinajstić information content (AvgIpc) is 3.39. The van der Waals surface area contributed by atoms with Gasteiger partial charge in [0.05, 0.1) is 27.9 Å². The Kier molecular flexibility index (Phi) is 3.17. The Morgan fingerprint density at radius 2 is 1.97 bits per heavy atom. The monoisotopic (exact) mass is 415 g/mol. The van der Waals surface area contributed by atoms with Crippen LogP contribution >= 0.6 is 0 Å². The zero-order chi connectivity index (χ0) is 21.0. The molecule has 0 radical (unpaired) electrons. The van der Waals surface area contributed by atoms with Gasteiger partial charge >= 0.3 is 0 Å². The van der Waals surface area contributed by atoms with Gasteiger partial charge in [0.2, 0.25) is 5.95 Å². The zero-order valence-electron chi connectivity index (χ0n) is 17.3. The van der Waals surface area contributed by atoms with Crippen LogP contribution in [0.3, 0.4) is 0 Å². The van der Waals surface area contributed by atoms with Crippen LogP contribution in [0.15, 0.2) is 30.6 Å². The second kappa shape index (κ2) is 5.59. The first-order valence-electron chi connectivity index (χ1n) is 10.9. The van der Waals surface area contributed by atoms with E-state index in [0.29, 0.717) is 0 Å². The highest BCUT2D eigenvalue weighted by Crippen LogP contribution is 2.59. The summed E-state index contributed by atoms with van der Waals surface area (Å²) in [5.74, 6) is -0.428. The second-order valence-corrected chi connectivity index (χ2v) is 9.62. The van der Waals surface area contributed by atoms with Crippen molar-refractivity contribution >= 4 is 5.91 Å². The third-order valence-corrected chi connectivity index (χ3v) is 7.83. The molecule has 3 aromatic heterocycles. The van der Waals surface area contributed by atoms with Crippen molar-refractivity contribution in [1.29, 1.82) is 0 Å². The number of carbonyl (C=O) groups is 1. The molecule has 2 fully saturated rings. The van der Waals surface area contributed by atoms with Crippen molar-refractivity contribution in [3.05, 3.63) is 58.9 Å². The lowest BCUT2D eigenvalue weighted by molar-refractivity contribution is 0.0340. The number of hydrogen-bond donors (Lipinski definition) is 2. The molecule has 7 heteroatoms. The van der Waals surface area contributed by atoms with Gasteiger partial charge in [-0.25, -0.2) is 4.98 Å². The lowest BCUT2D eigenvalue weighted by Gasteiger charge is -2.55. The fourth-order valence-corrected chi connectivity index (χ4v) is 6.19. The summed E-state index contributed by atoms with van der Waals surface area (Å²) in [6.45, 7) is 1.94. The van der Waals surface area contributed by atoms with Gasteiger partial charge in [-0.1, -0.05) is 0 Å². The number of likely N-dealkylation sites (tertiary alicyclic amines) is 1. The number of likely N-dealkylation sites (N-methyl/N-ethyl adjacent to an activating group) is 1. The summed E-state index contributed by atoms with van der Waals surface area (Å²) in [7, 11) is 2.14. The molecular formula is C24H22FN5O. The number of halogens is 1. The highest BCUT2D eigenvalue weighted by atomic mass is 19.1. The Hall–Kier alpha value is -3.06. The Morgan fingerprint density at radius 1 is 1.13 bits per heavy atom. The van der Waals surface area contributed by atoms with E-state index >= 15 is 0 Å². The van der Waals surface area contributed by atoms with E-state index in [1.165, 1.54) is 17.8 Å². The molecule has 3 aromatic rings. The molecule has 5 heterocycles. The number of aryl methyl sites for hydroxylation is 1. The van der Waals surface area contributed by atoms with Gasteiger partial charge in [0.1, 0.15) is 0 Å². The Bertz CT molecular complexity index is 1270. The fraction of sp³-hybridized carbons (Fsp3) is 0.375. The molecule has 31 heavy (non-hydrogen) atoms. The van der Waals surface area contributed by atoms with Crippen molar-refractivity contribution in [2.75, 3.05) is 20.1 Å². The lowest BCUT2D eigenvalue weighted by Crippen LogP contribution is -2.71. The molecule has 7 rings (SSSR count). The summed E-state index contributed by atoms with van der Waals surface area (Å²) in [4.78, 5) is 27.7. The van der Waals surface area contributed by atoms with Gasteiger partial charge in [-0.2, -0.15) is 4.39 Å². The molecular weight excluding hydrogens is 393 g/mol. The van der Waals surface area contributed by atoms with E-state index in [9.17, 15) is 9.18 Å². The molecule has 0 unspecified atom stereocenters. The van der Waals surface area contributed by atoms with Crippen molar-refractivity contribution in [3.63, 3.8) is 0 Å². The van der Waals surface area contributed by atoms with Crippen LogP contribution in [0.25, 0.3) is 22.5 Å². The molecule has 1 saturated heterocycles. The summed E-state index contributed by atoms with van der Waals surface area (Å²) in [6, 6.07) is 5.10. The zero-order valence-corrected chi connectivity index (χ0v) is 17.3. The molecule has 0 aromatic carbocycles. The molecule has 2 aliphatic carbocycles. The van der Waals surface area contributed by atoms with E-state index in [2.05, 4.69) is 38.3 Å². The van der Waals surface area contributed by atoms with Gasteiger partial charge < -0.3 is 15.2 Å². The molecule has 1 saturated carbocycles. The quantitative estimate of drug-likeness (QED) is 0.600. The van der Waals surface area contributed by atoms with E-state index in [0.717, 1.165) is 78.1 Å². The van der Waals surface area contributed by atoms with Crippen molar-refractivity contribution in [2.24, 2.45) is 0 Å². The van der Waals surface area contributed by atoms with Gasteiger partial charge in [0, 0.05) is 42.3 Å². The minimum absolute atomic E-state index is 0.0146. The van der Waals surface area contributed by atoms with E-state index in [4.69, 9.17) is 0 Å². The maximum atomic E-state index is 13.3. The third-order valence-electron chi connectivity index (χ3n) is 7.83. The van der Waals surface area contributed by atoms with Gasteiger partial charge in [0.25, 0.3) is 5.91 Å². The first-order valence-corrected chi connectivity index (χ1v) is 10.9. The summed E-state index contributed by atoms with van der Waals surface area (Å²) in [6.07, 6.45) is 7.21. The van der Waals surface area contributed by atoms with Crippen LogP contribution in [0, 0.1) is 5.95 Å². The molecule has 156 valence electrons. The summed E-state index contributed by atoms with van der Waals surface area (Å²) in [5.41, 5.74) is 7.87. The molecule has 1 amide bonds. The standard InChI is InChI=1S/C24H22FN5O/c1-30-11-23(12-30)21-19(22(31)29-24(23)6-7-24)15-4-2-13-9-26-17(8-16(13)20(15)28-21)14-3-5-18(25)27-10-14/h3,5,8-10,28H,2,4,6-7,11-12H2,1H3,(H,29,31). The summed E-state index contributed by atoms with van der Waals surface area (Å²) < 4.78 is 13.3. The maximum Gasteiger partial charge on any atom is 0.253 e. The largest absolute Gasteiger partial charge is 0.357 e. The van der Waals surface area contributed by atoms with E-state index in [1.807, 2.05) is 6.20 Å². The van der Waals surface area contributed by atoms with Crippen LogP contribution in [0.1, 0.15) is 40.0 Å². The average molecular weight is 415 g/mol. The summed E-state index contributed by atoms with van der Waals surface area (Å²) >= 11 is 0. The number of nitrogens with one attached hydrogen (secondary N) is 2. The maximum absolute atomic E-state index is 13.3.